The summed E-state index contributed by atoms with van der Waals surface area (Å²) in [6, 6.07) is 17.1. The minimum Gasteiger partial charge on any atom is -0.378 e. The summed E-state index contributed by atoms with van der Waals surface area (Å²) in [6.07, 6.45) is 3.60. The van der Waals surface area contributed by atoms with E-state index in [4.69, 9.17) is 4.74 Å². The highest BCUT2D eigenvalue weighted by Gasteiger charge is 2.18. The first-order valence-electron chi connectivity index (χ1n) is 11.7. The minimum atomic E-state index is -0.241. The second kappa shape index (κ2) is 9.57. The summed E-state index contributed by atoms with van der Waals surface area (Å²) < 4.78 is 7.31. The van der Waals surface area contributed by atoms with Gasteiger partial charge in [0.05, 0.1) is 42.2 Å². The number of anilines is 2. The van der Waals surface area contributed by atoms with Gasteiger partial charge in [0.15, 0.2) is 0 Å². The van der Waals surface area contributed by atoms with Crippen LogP contribution in [0.4, 0.5) is 11.5 Å². The third-order valence-corrected chi connectivity index (χ3v) is 6.19. The van der Waals surface area contributed by atoms with Crippen molar-refractivity contribution in [3.05, 3.63) is 77.6 Å². The van der Waals surface area contributed by atoms with Gasteiger partial charge in [0, 0.05) is 42.0 Å². The Bertz CT molecular complexity index is 1430. The standard InChI is InChI=1S/C27H26N6O2/c1-18(2)26-19(16-28)4-3-5-23(26)27(34)31-21-7-6-20-17-30-33(24(20)14-21)22-8-9-29-25(15-22)32-10-12-35-13-11-32/h3-9,14-15,17-18H,10-13H2,1-2H3,(H,31,34). The number of rotatable bonds is 5. The van der Waals surface area contributed by atoms with Crippen LogP contribution in [0.25, 0.3) is 16.6 Å². The van der Waals surface area contributed by atoms with E-state index in [1.165, 1.54) is 0 Å². The van der Waals surface area contributed by atoms with Crippen LogP contribution in [-0.4, -0.2) is 47.0 Å². The number of pyridine rings is 1. The summed E-state index contributed by atoms with van der Waals surface area (Å²) in [5.41, 5.74) is 4.21. The van der Waals surface area contributed by atoms with Gasteiger partial charge in [0.1, 0.15) is 5.82 Å². The molecule has 1 aliphatic rings. The van der Waals surface area contributed by atoms with Crippen LogP contribution in [0.2, 0.25) is 0 Å². The monoisotopic (exact) mass is 466 g/mol. The van der Waals surface area contributed by atoms with Gasteiger partial charge < -0.3 is 15.0 Å². The SMILES string of the molecule is CC(C)c1c(C#N)cccc1C(=O)Nc1ccc2cnn(-c3ccnc(N4CCOCC4)c3)c2c1. The molecule has 1 saturated heterocycles. The van der Waals surface area contributed by atoms with Gasteiger partial charge in [-0.1, -0.05) is 19.9 Å². The fraction of sp³-hybridized carbons (Fsp3) is 0.259. The number of nitriles is 1. The summed E-state index contributed by atoms with van der Waals surface area (Å²) in [5, 5.41) is 18.0. The molecule has 1 fully saturated rings. The Morgan fingerprint density at radius 1 is 1.14 bits per heavy atom. The van der Waals surface area contributed by atoms with Gasteiger partial charge in [-0.2, -0.15) is 10.4 Å². The molecule has 0 radical (unpaired) electrons. The van der Waals surface area contributed by atoms with Crippen molar-refractivity contribution in [1.29, 1.82) is 5.26 Å². The van der Waals surface area contributed by atoms with Crippen LogP contribution in [-0.2, 0) is 4.74 Å². The largest absolute Gasteiger partial charge is 0.378 e. The predicted octanol–water partition coefficient (Wildman–Crippen LogP) is 4.50. The summed E-state index contributed by atoms with van der Waals surface area (Å²) >= 11 is 0. The second-order valence-electron chi connectivity index (χ2n) is 8.79. The lowest BCUT2D eigenvalue weighted by molar-refractivity contribution is 0.102. The fourth-order valence-electron chi connectivity index (χ4n) is 4.49. The van der Waals surface area contributed by atoms with Crippen molar-refractivity contribution < 1.29 is 9.53 Å². The molecule has 35 heavy (non-hydrogen) atoms. The smallest absolute Gasteiger partial charge is 0.255 e. The van der Waals surface area contributed by atoms with Crippen LogP contribution in [0.5, 0.6) is 0 Å². The van der Waals surface area contributed by atoms with E-state index in [2.05, 4.69) is 26.4 Å². The average molecular weight is 467 g/mol. The topological polar surface area (TPSA) is 96.1 Å². The first-order valence-corrected chi connectivity index (χ1v) is 11.7. The van der Waals surface area contributed by atoms with E-state index in [1.807, 2.05) is 55.1 Å². The van der Waals surface area contributed by atoms with Crippen molar-refractivity contribution >= 4 is 28.3 Å². The Balaban J connectivity index is 1.46. The van der Waals surface area contributed by atoms with Gasteiger partial charge in [-0.15, -0.1) is 0 Å². The third kappa shape index (κ3) is 4.46. The van der Waals surface area contributed by atoms with Crippen molar-refractivity contribution in [1.82, 2.24) is 14.8 Å². The average Bonchev–Trinajstić information content (AvgIpc) is 3.32. The maximum atomic E-state index is 13.2. The summed E-state index contributed by atoms with van der Waals surface area (Å²) in [4.78, 5) is 19.9. The molecule has 5 rings (SSSR count). The lowest BCUT2D eigenvalue weighted by Gasteiger charge is -2.28. The lowest BCUT2D eigenvalue weighted by Crippen LogP contribution is -2.36. The third-order valence-electron chi connectivity index (χ3n) is 6.19. The molecular weight excluding hydrogens is 440 g/mol. The van der Waals surface area contributed by atoms with Crippen LogP contribution in [0.15, 0.2) is 60.9 Å². The molecule has 1 amide bonds. The number of carbonyl (C=O) groups excluding carboxylic acids is 1. The molecule has 8 heteroatoms. The molecule has 0 aliphatic carbocycles. The maximum Gasteiger partial charge on any atom is 0.255 e. The van der Waals surface area contributed by atoms with E-state index in [-0.39, 0.29) is 11.8 Å². The maximum absolute atomic E-state index is 13.2. The Kier molecular flexibility index (Phi) is 6.17. The number of nitrogens with one attached hydrogen (secondary N) is 1. The zero-order chi connectivity index (χ0) is 24.4. The number of hydrogen-bond donors (Lipinski definition) is 1. The van der Waals surface area contributed by atoms with E-state index >= 15 is 0 Å². The van der Waals surface area contributed by atoms with E-state index in [0.717, 1.165) is 41.1 Å². The van der Waals surface area contributed by atoms with Gasteiger partial charge in [0.25, 0.3) is 5.91 Å². The van der Waals surface area contributed by atoms with Crippen molar-refractivity contribution in [2.75, 3.05) is 36.5 Å². The number of amides is 1. The van der Waals surface area contributed by atoms with Gasteiger partial charge in [-0.3, -0.25) is 4.79 Å². The van der Waals surface area contributed by atoms with Crippen LogP contribution in [0.3, 0.4) is 0 Å². The number of hydrogen-bond acceptors (Lipinski definition) is 6. The highest BCUT2D eigenvalue weighted by atomic mass is 16.5. The van der Waals surface area contributed by atoms with Crippen molar-refractivity contribution in [3.8, 4) is 11.8 Å². The van der Waals surface area contributed by atoms with E-state index in [0.29, 0.717) is 30.0 Å². The highest BCUT2D eigenvalue weighted by Crippen LogP contribution is 2.27. The van der Waals surface area contributed by atoms with E-state index in [9.17, 15) is 10.1 Å². The molecule has 2 aromatic heterocycles. The van der Waals surface area contributed by atoms with Crippen LogP contribution in [0.1, 0.15) is 41.3 Å². The number of ether oxygens (including phenoxy) is 1. The number of morpholine rings is 1. The first-order chi connectivity index (χ1) is 17.0. The molecule has 0 atom stereocenters. The highest BCUT2D eigenvalue weighted by molar-refractivity contribution is 6.06. The van der Waals surface area contributed by atoms with E-state index < -0.39 is 0 Å². The summed E-state index contributed by atoms with van der Waals surface area (Å²) in [6.45, 7) is 6.95. The molecule has 0 bridgehead atoms. The lowest BCUT2D eigenvalue weighted by atomic mass is 9.92. The van der Waals surface area contributed by atoms with Crippen LogP contribution < -0.4 is 10.2 Å². The summed E-state index contributed by atoms with van der Waals surface area (Å²) in [5.74, 6) is 0.690. The minimum absolute atomic E-state index is 0.0443. The quantitative estimate of drug-likeness (QED) is 0.465. The fourth-order valence-corrected chi connectivity index (χ4v) is 4.49. The van der Waals surface area contributed by atoms with Crippen LogP contribution in [0, 0.1) is 11.3 Å². The molecular formula is C27H26N6O2. The summed E-state index contributed by atoms with van der Waals surface area (Å²) in [7, 11) is 0. The second-order valence-corrected chi connectivity index (χ2v) is 8.79. The van der Waals surface area contributed by atoms with Gasteiger partial charge in [-0.05, 0) is 47.9 Å². The number of nitrogens with zero attached hydrogens (tertiary/aromatic N) is 5. The van der Waals surface area contributed by atoms with Gasteiger partial charge in [0.2, 0.25) is 0 Å². The molecule has 1 aliphatic heterocycles. The Morgan fingerprint density at radius 2 is 1.97 bits per heavy atom. The van der Waals surface area contributed by atoms with Crippen molar-refractivity contribution in [2.24, 2.45) is 0 Å². The Labute approximate surface area is 203 Å². The molecule has 176 valence electrons. The van der Waals surface area contributed by atoms with Crippen molar-refractivity contribution in [2.45, 2.75) is 19.8 Å². The molecule has 8 nitrogen and oxygen atoms in total. The number of carbonyl (C=O) groups is 1. The predicted molar refractivity (Wildman–Crippen MR) is 135 cm³/mol. The van der Waals surface area contributed by atoms with Crippen molar-refractivity contribution in [3.63, 3.8) is 0 Å². The zero-order valence-corrected chi connectivity index (χ0v) is 19.7. The Hall–Kier alpha value is -4.22. The normalized spacial score (nSPS) is 13.7. The molecule has 3 heterocycles. The molecule has 0 saturated carbocycles. The molecule has 0 unspecified atom stereocenters. The van der Waals surface area contributed by atoms with Crippen LogP contribution >= 0.6 is 0 Å². The van der Waals surface area contributed by atoms with Gasteiger partial charge >= 0.3 is 0 Å². The number of fused-ring (bicyclic) bond motifs is 1. The molecule has 4 aromatic rings. The molecule has 0 spiro atoms. The number of aromatic nitrogens is 3. The number of benzene rings is 2. The molecule has 1 N–H and O–H groups in total. The van der Waals surface area contributed by atoms with E-state index in [1.54, 1.807) is 24.4 Å². The zero-order valence-electron chi connectivity index (χ0n) is 19.7. The Morgan fingerprint density at radius 3 is 2.74 bits per heavy atom. The first kappa shape index (κ1) is 22.6. The van der Waals surface area contributed by atoms with Gasteiger partial charge in [-0.25, -0.2) is 9.67 Å². The molecule has 2 aromatic carbocycles.